The van der Waals surface area contributed by atoms with E-state index in [4.69, 9.17) is 5.41 Å². The monoisotopic (exact) mass is 123 g/mol. The number of nitrogens with zero attached hydrogens (tertiary/aromatic N) is 1. The molecule has 0 aliphatic carbocycles. The lowest BCUT2D eigenvalue weighted by molar-refractivity contribution is 0.837. The maximum absolute atomic E-state index is 7.19. The number of hydrogen-bond acceptors (Lipinski definition) is 3. The van der Waals surface area contributed by atoms with Gasteiger partial charge in [-0.15, -0.1) is 0 Å². The molecule has 3 heteroatoms. The predicted octanol–water partition coefficient (Wildman–Crippen LogP) is 0.541. The molecule has 0 saturated heterocycles. The Labute approximate surface area is 54.0 Å². The zero-order chi connectivity index (χ0) is 6.69. The molecule has 0 unspecified atom stereocenters. The van der Waals surface area contributed by atoms with Crippen LogP contribution in [0.1, 0.15) is 6.92 Å². The van der Waals surface area contributed by atoms with E-state index in [0.717, 1.165) is 5.70 Å². The summed E-state index contributed by atoms with van der Waals surface area (Å²) in [7, 11) is 0. The van der Waals surface area contributed by atoms with Gasteiger partial charge in [0.1, 0.15) is 6.67 Å². The summed E-state index contributed by atoms with van der Waals surface area (Å²) in [4.78, 5) is 3.89. The van der Waals surface area contributed by atoms with Crippen molar-refractivity contribution in [3.05, 3.63) is 11.8 Å². The number of nitrogens with one attached hydrogen (secondary N) is 2. The Morgan fingerprint density at radius 1 is 1.78 bits per heavy atom. The fourth-order valence-electron chi connectivity index (χ4n) is 0.636. The molecule has 3 nitrogen and oxygen atoms in total. The smallest absolute Gasteiger partial charge is 0.107 e. The highest BCUT2D eigenvalue weighted by Gasteiger charge is 1.93. The largest absolute Gasteiger partial charge is 0.370 e. The van der Waals surface area contributed by atoms with Gasteiger partial charge < -0.3 is 5.32 Å². The molecule has 1 aliphatic rings. The Bertz CT molecular complexity index is 179. The zero-order valence-corrected chi connectivity index (χ0v) is 5.31. The van der Waals surface area contributed by atoms with Gasteiger partial charge in [0.05, 0.1) is 5.71 Å². The molecule has 1 heterocycles. The lowest BCUT2D eigenvalue weighted by Gasteiger charge is -1.96. The molecule has 0 bridgehead atoms. The average Bonchev–Trinajstić information content (AvgIpc) is 1.93. The first-order valence-corrected chi connectivity index (χ1v) is 2.79. The summed E-state index contributed by atoms with van der Waals surface area (Å²) >= 11 is 0. The maximum Gasteiger partial charge on any atom is 0.107 e. The van der Waals surface area contributed by atoms with Crippen LogP contribution in [-0.2, 0) is 0 Å². The molecule has 0 amide bonds. The lowest BCUT2D eigenvalue weighted by atomic mass is 10.3. The highest BCUT2D eigenvalue weighted by molar-refractivity contribution is 6.34. The van der Waals surface area contributed by atoms with Crippen LogP contribution in [0, 0.1) is 5.41 Å². The molecule has 2 N–H and O–H groups in total. The van der Waals surface area contributed by atoms with E-state index >= 15 is 0 Å². The average molecular weight is 123 g/mol. The van der Waals surface area contributed by atoms with Crippen LogP contribution in [-0.4, -0.2) is 18.6 Å². The van der Waals surface area contributed by atoms with Crippen molar-refractivity contribution >= 4 is 11.9 Å². The molecule has 0 spiro atoms. The van der Waals surface area contributed by atoms with E-state index in [1.54, 1.807) is 12.3 Å². The predicted molar refractivity (Wildman–Crippen MR) is 38.0 cm³/mol. The summed E-state index contributed by atoms with van der Waals surface area (Å²) < 4.78 is 0. The van der Waals surface area contributed by atoms with Gasteiger partial charge in [0.25, 0.3) is 0 Å². The first-order valence-electron chi connectivity index (χ1n) is 2.79. The van der Waals surface area contributed by atoms with Crippen LogP contribution in [0.2, 0.25) is 0 Å². The zero-order valence-electron chi connectivity index (χ0n) is 5.31. The minimum atomic E-state index is 0.456. The molecule has 0 fully saturated rings. The number of aliphatic imine (C=N–C) groups is 1. The van der Waals surface area contributed by atoms with Crippen molar-refractivity contribution < 1.29 is 0 Å². The fraction of sp³-hybridized carbons (Fsp3) is 0.333. The van der Waals surface area contributed by atoms with Gasteiger partial charge in [-0.25, -0.2) is 0 Å². The molecule has 9 heavy (non-hydrogen) atoms. The number of allylic oxidation sites excluding steroid dienone is 2. The van der Waals surface area contributed by atoms with Gasteiger partial charge in [-0.3, -0.25) is 10.4 Å². The van der Waals surface area contributed by atoms with Gasteiger partial charge in [0.15, 0.2) is 0 Å². The molecule has 0 atom stereocenters. The van der Waals surface area contributed by atoms with E-state index < -0.39 is 0 Å². The van der Waals surface area contributed by atoms with Gasteiger partial charge in [-0.1, -0.05) is 0 Å². The van der Waals surface area contributed by atoms with Crippen molar-refractivity contribution in [2.45, 2.75) is 6.92 Å². The third kappa shape index (κ3) is 1.68. The van der Waals surface area contributed by atoms with Gasteiger partial charge in [0.2, 0.25) is 0 Å². The Morgan fingerprint density at radius 3 is 3.33 bits per heavy atom. The molecular weight excluding hydrogens is 114 g/mol. The van der Waals surface area contributed by atoms with Crippen LogP contribution in [0.25, 0.3) is 0 Å². The third-order valence-electron chi connectivity index (χ3n) is 1.05. The second kappa shape index (κ2) is 2.44. The summed E-state index contributed by atoms with van der Waals surface area (Å²) in [6, 6.07) is 0. The third-order valence-corrected chi connectivity index (χ3v) is 1.05. The molecule has 0 radical (unpaired) electrons. The second-order valence-electron chi connectivity index (χ2n) is 1.93. The molecule has 0 aromatic carbocycles. The van der Waals surface area contributed by atoms with Gasteiger partial charge in [-0.05, 0) is 13.0 Å². The fourth-order valence-corrected chi connectivity index (χ4v) is 0.636. The van der Waals surface area contributed by atoms with E-state index in [9.17, 15) is 0 Å². The van der Waals surface area contributed by atoms with Crippen LogP contribution in [0.4, 0.5) is 0 Å². The number of hydrogen-bond donors (Lipinski definition) is 2. The minimum Gasteiger partial charge on any atom is -0.370 e. The quantitative estimate of drug-likeness (QED) is 0.485. The standard InChI is InChI=1S/C6H9N3/c1-5-2-6(7)3-8-4-9-5/h2-3,7,9H,4H2,1H3. The molecule has 1 aliphatic heterocycles. The van der Waals surface area contributed by atoms with Crippen LogP contribution in [0.3, 0.4) is 0 Å². The summed E-state index contributed by atoms with van der Waals surface area (Å²) in [5.74, 6) is 0. The first-order chi connectivity index (χ1) is 4.29. The number of rotatable bonds is 0. The van der Waals surface area contributed by atoms with Crippen LogP contribution in [0.5, 0.6) is 0 Å². The minimum absolute atomic E-state index is 0.456. The highest BCUT2D eigenvalue weighted by Crippen LogP contribution is 1.89. The normalized spacial score (nSPS) is 18.3. The van der Waals surface area contributed by atoms with Crippen LogP contribution >= 0.6 is 0 Å². The lowest BCUT2D eigenvalue weighted by Crippen LogP contribution is -2.08. The maximum atomic E-state index is 7.19. The Balaban J connectivity index is 2.74. The molecule has 0 aromatic rings. The first kappa shape index (κ1) is 6.01. The molecule has 48 valence electrons. The summed E-state index contributed by atoms with van der Waals surface area (Å²) in [5.41, 5.74) is 1.45. The van der Waals surface area contributed by atoms with E-state index in [1.807, 2.05) is 6.92 Å². The van der Waals surface area contributed by atoms with Gasteiger partial charge in [0, 0.05) is 11.9 Å². The molecular formula is C6H9N3. The van der Waals surface area contributed by atoms with Crippen molar-refractivity contribution in [2.75, 3.05) is 6.67 Å². The van der Waals surface area contributed by atoms with E-state index in [1.165, 1.54) is 0 Å². The SMILES string of the molecule is CC1=CC(=N)C=NCN1. The van der Waals surface area contributed by atoms with Crippen molar-refractivity contribution in [1.29, 1.82) is 5.41 Å². The van der Waals surface area contributed by atoms with Crippen molar-refractivity contribution in [2.24, 2.45) is 4.99 Å². The Morgan fingerprint density at radius 2 is 2.56 bits per heavy atom. The Kier molecular flexibility index (Phi) is 1.63. The highest BCUT2D eigenvalue weighted by atomic mass is 15.0. The molecule has 1 rings (SSSR count). The van der Waals surface area contributed by atoms with Crippen molar-refractivity contribution in [3.8, 4) is 0 Å². The summed E-state index contributed by atoms with van der Waals surface area (Å²) in [6.45, 7) is 2.51. The van der Waals surface area contributed by atoms with Gasteiger partial charge in [-0.2, -0.15) is 0 Å². The van der Waals surface area contributed by atoms with Crippen molar-refractivity contribution in [1.82, 2.24) is 5.32 Å². The summed E-state index contributed by atoms with van der Waals surface area (Å²) in [6.07, 6.45) is 3.29. The van der Waals surface area contributed by atoms with E-state index in [2.05, 4.69) is 10.3 Å². The Hall–Kier alpha value is -1.12. The topological polar surface area (TPSA) is 48.2 Å². The van der Waals surface area contributed by atoms with Crippen LogP contribution in [0.15, 0.2) is 16.8 Å². The molecule has 0 aromatic heterocycles. The van der Waals surface area contributed by atoms with Crippen LogP contribution < -0.4 is 5.32 Å². The second-order valence-corrected chi connectivity index (χ2v) is 1.93. The van der Waals surface area contributed by atoms with Crippen molar-refractivity contribution in [3.63, 3.8) is 0 Å². The van der Waals surface area contributed by atoms with E-state index in [-0.39, 0.29) is 0 Å². The summed E-state index contributed by atoms with van der Waals surface area (Å²) in [5, 5.41) is 10.2. The van der Waals surface area contributed by atoms with E-state index in [0.29, 0.717) is 12.4 Å². The van der Waals surface area contributed by atoms with Gasteiger partial charge >= 0.3 is 0 Å². The molecule has 0 saturated carbocycles.